The molecule has 3 aromatic carbocycles. The topological polar surface area (TPSA) is 96.0 Å². The van der Waals surface area contributed by atoms with Crippen LogP contribution in [0.4, 0.5) is 10.1 Å². The Morgan fingerprint density at radius 1 is 1.00 bits per heavy atom. The van der Waals surface area contributed by atoms with Crippen molar-refractivity contribution in [3.05, 3.63) is 89.2 Å². The van der Waals surface area contributed by atoms with Gasteiger partial charge >= 0.3 is 0 Å². The molecule has 0 aliphatic heterocycles. The van der Waals surface area contributed by atoms with E-state index in [0.717, 1.165) is 4.31 Å². The monoisotopic (exact) mass is 575 g/mol. The lowest BCUT2D eigenvalue weighted by Crippen LogP contribution is -2.51. The Morgan fingerprint density at radius 3 is 2.18 bits per heavy atom. The Hall–Kier alpha value is -3.63. The number of carbonyl (C=O) groups is 2. The summed E-state index contributed by atoms with van der Waals surface area (Å²) in [7, 11) is -2.75. The lowest BCUT2D eigenvalue weighted by atomic mass is 10.1. The highest BCUT2D eigenvalue weighted by atomic mass is 35.5. The molecule has 0 heterocycles. The zero-order chi connectivity index (χ0) is 28.6. The summed E-state index contributed by atoms with van der Waals surface area (Å²) < 4.78 is 47.2. The van der Waals surface area contributed by atoms with Crippen molar-refractivity contribution >= 4 is 39.1 Å². The van der Waals surface area contributed by atoms with Crippen LogP contribution in [-0.2, 0) is 26.2 Å². The summed E-state index contributed by atoms with van der Waals surface area (Å²) >= 11 is 6.03. The molecule has 0 fully saturated rings. The van der Waals surface area contributed by atoms with Crippen LogP contribution in [0.25, 0.3) is 0 Å². The van der Waals surface area contributed by atoms with Gasteiger partial charge in [-0.1, -0.05) is 30.7 Å². The molecule has 2 amide bonds. The van der Waals surface area contributed by atoms with Crippen molar-refractivity contribution in [1.29, 1.82) is 0 Å². The molecule has 0 aromatic heterocycles. The van der Waals surface area contributed by atoms with Gasteiger partial charge in [-0.2, -0.15) is 0 Å². The highest BCUT2D eigenvalue weighted by Crippen LogP contribution is 2.27. The Morgan fingerprint density at radius 2 is 1.62 bits per heavy atom. The number of nitrogens with zero attached hydrogens (tertiary/aromatic N) is 2. The zero-order valence-electron chi connectivity index (χ0n) is 21.9. The van der Waals surface area contributed by atoms with Crippen LogP contribution in [0.15, 0.2) is 77.7 Å². The number of ether oxygens (including phenoxy) is 1. The van der Waals surface area contributed by atoms with E-state index in [2.05, 4.69) is 5.32 Å². The van der Waals surface area contributed by atoms with Gasteiger partial charge in [-0.15, -0.1) is 0 Å². The van der Waals surface area contributed by atoms with Gasteiger partial charge in [0.05, 0.1) is 17.7 Å². The van der Waals surface area contributed by atoms with Gasteiger partial charge in [0.2, 0.25) is 11.8 Å². The van der Waals surface area contributed by atoms with Crippen molar-refractivity contribution in [2.75, 3.05) is 24.5 Å². The molecule has 0 spiro atoms. The minimum Gasteiger partial charge on any atom is -0.497 e. The Kier molecular flexibility index (Phi) is 10.3. The molecule has 0 saturated heterocycles. The van der Waals surface area contributed by atoms with Gasteiger partial charge in [0.15, 0.2) is 0 Å². The molecule has 0 aliphatic carbocycles. The number of hydrogen-bond donors (Lipinski definition) is 1. The van der Waals surface area contributed by atoms with Crippen LogP contribution in [0.3, 0.4) is 0 Å². The second kappa shape index (κ2) is 13.4. The van der Waals surface area contributed by atoms with Crippen LogP contribution in [0.1, 0.15) is 25.8 Å². The SMILES string of the molecule is CCCNC(=O)[C@@H](C)N(Cc1ccc(F)cc1)C(=O)CN(c1ccc(Cl)cc1)S(=O)(=O)c1ccc(OC)cc1. The first-order valence-corrected chi connectivity index (χ1v) is 14.1. The number of amides is 2. The number of benzene rings is 3. The van der Waals surface area contributed by atoms with E-state index in [1.807, 2.05) is 6.92 Å². The van der Waals surface area contributed by atoms with Gasteiger partial charge in [0.1, 0.15) is 24.2 Å². The molecule has 8 nitrogen and oxygen atoms in total. The second-order valence-electron chi connectivity index (χ2n) is 8.78. The maximum absolute atomic E-state index is 13.8. The van der Waals surface area contributed by atoms with Crippen LogP contribution in [0, 0.1) is 5.82 Å². The third kappa shape index (κ3) is 7.70. The van der Waals surface area contributed by atoms with Crippen LogP contribution in [0.2, 0.25) is 5.02 Å². The van der Waals surface area contributed by atoms with Crippen LogP contribution in [-0.4, -0.2) is 51.4 Å². The van der Waals surface area contributed by atoms with Crippen LogP contribution in [0.5, 0.6) is 5.75 Å². The molecule has 0 saturated carbocycles. The van der Waals surface area contributed by atoms with E-state index in [-0.39, 0.29) is 23.0 Å². The minimum atomic E-state index is -4.22. The van der Waals surface area contributed by atoms with Gasteiger partial charge in [-0.05, 0) is 79.6 Å². The molecule has 1 atom stereocenters. The molecule has 0 bridgehead atoms. The van der Waals surface area contributed by atoms with Crippen molar-refractivity contribution < 1.29 is 27.1 Å². The van der Waals surface area contributed by atoms with E-state index >= 15 is 0 Å². The van der Waals surface area contributed by atoms with Crippen LogP contribution >= 0.6 is 11.6 Å². The fraction of sp³-hybridized carbons (Fsp3) is 0.286. The third-order valence-corrected chi connectivity index (χ3v) is 8.06. The summed E-state index contributed by atoms with van der Waals surface area (Å²) in [5, 5.41) is 3.16. The fourth-order valence-electron chi connectivity index (χ4n) is 3.78. The molecule has 208 valence electrons. The summed E-state index contributed by atoms with van der Waals surface area (Å²) in [5.74, 6) is -0.973. The summed E-state index contributed by atoms with van der Waals surface area (Å²) in [6.07, 6.45) is 0.703. The van der Waals surface area contributed by atoms with Crippen molar-refractivity contribution in [3.8, 4) is 5.75 Å². The number of hydrogen-bond acceptors (Lipinski definition) is 5. The Labute approximate surface area is 233 Å². The van der Waals surface area contributed by atoms with E-state index < -0.39 is 34.3 Å². The van der Waals surface area contributed by atoms with Crippen molar-refractivity contribution in [2.45, 2.75) is 37.8 Å². The normalized spacial score (nSPS) is 11.9. The van der Waals surface area contributed by atoms with Gasteiger partial charge in [0.25, 0.3) is 10.0 Å². The molecular formula is C28H31ClFN3O5S. The summed E-state index contributed by atoms with van der Waals surface area (Å²) in [4.78, 5) is 27.9. The number of nitrogens with one attached hydrogen (secondary N) is 1. The highest BCUT2D eigenvalue weighted by molar-refractivity contribution is 7.92. The van der Waals surface area contributed by atoms with Crippen molar-refractivity contribution in [2.24, 2.45) is 0 Å². The average molecular weight is 576 g/mol. The average Bonchev–Trinajstić information content (AvgIpc) is 2.94. The van der Waals surface area contributed by atoms with Crippen molar-refractivity contribution in [3.63, 3.8) is 0 Å². The first-order chi connectivity index (χ1) is 18.6. The van der Waals surface area contributed by atoms with Gasteiger partial charge in [-0.25, -0.2) is 12.8 Å². The van der Waals surface area contributed by atoms with E-state index in [4.69, 9.17) is 16.3 Å². The summed E-state index contributed by atoms with van der Waals surface area (Å²) in [6.45, 7) is 3.27. The number of halogens is 2. The molecule has 39 heavy (non-hydrogen) atoms. The smallest absolute Gasteiger partial charge is 0.264 e. The number of rotatable bonds is 12. The highest BCUT2D eigenvalue weighted by Gasteiger charge is 2.32. The lowest BCUT2D eigenvalue weighted by Gasteiger charge is -2.32. The Balaban J connectivity index is 2.00. The van der Waals surface area contributed by atoms with Gasteiger partial charge in [-0.3, -0.25) is 13.9 Å². The maximum atomic E-state index is 13.8. The van der Waals surface area contributed by atoms with Crippen molar-refractivity contribution in [1.82, 2.24) is 10.2 Å². The molecule has 3 aromatic rings. The summed E-state index contributed by atoms with van der Waals surface area (Å²) in [5.41, 5.74) is 0.796. The number of anilines is 1. The minimum absolute atomic E-state index is 0.0309. The van der Waals surface area contributed by atoms with E-state index in [9.17, 15) is 22.4 Å². The fourth-order valence-corrected chi connectivity index (χ4v) is 5.32. The molecule has 11 heteroatoms. The molecule has 1 N–H and O–H groups in total. The molecule has 0 unspecified atom stereocenters. The maximum Gasteiger partial charge on any atom is 0.264 e. The van der Waals surface area contributed by atoms with E-state index in [1.54, 1.807) is 6.92 Å². The van der Waals surface area contributed by atoms with Gasteiger partial charge in [0, 0.05) is 18.1 Å². The molecule has 3 rings (SSSR count). The Bertz CT molecular complexity index is 1370. The summed E-state index contributed by atoms with van der Waals surface area (Å²) in [6, 6.07) is 16.4. The molecule has 0 radical (unpaired) electrons. The third-order valence-electron chi connectivity index (χ3n) is 6.02. The predicted octanol–water partition coefficient (Wildman–Crippen LogP) is 4.63. The second-order valence-corrected chi connectivity index (χ2v) is 11.1. The number of carbonyl (C=O) groups excluding carboxylic acids is 2. The predicted molar refractivity (Wildman–Crippen MR) is 149 cm³/mol. The lowest BCUT2D eigenvalue weighted by molar-refractivity contribution is -0.139. The zero-order valence-corrected chi connectivity index (χ0v) is 23.5. The standard InChI is InChI=1S/C28H31ClFN3O5S/c1-4-17-31-28(35)20(2)32(18-21-5-9-23(30)10-6-21)27(34)19-33(24-11-7-22(29)8-12-24)39(36,37)26-15-13-25(38-3)14-16-26/h5-16,20H,4,17-19H2,1-3H3,(H,31,35)/t20-/m1/s1. The number of sulfonamides is 1. The number of methoxy groups -OCH3 is 1. The van der Waals surface area contributed by atoms with E-state index in [1.165, 1.54) is 84.8 Å². The molecule has 0 aliphatic rings. The first kappa shape index (κ1) is 29.9. The van der Waals surface area contributed by atoms with Crippen LogP contribution < -0.4 is 14.4 Å². The quantitative estimate of drug-likeness (QED) is 0.340. The largest absolute Gasteiger partial charge is 0.497 e. The first-order valence-electron chi connectivity index (χ1n) is 12.3. The van der Waals surface area contributed by atoms with Gasteiger partial charge < -0.3 is 15.0 Å². The molecular weight excluding hydrogens is 545 g/mol. The van der Waals surface area contributed by atoms with E-state index in [0.29, 0.717) is 29.3 Å².